The Morgan fingerprint density at radius 1 is 0.857 bits per heavy atom. The number of halogens is 1. The highest BCUT2D eigenvalue weighted by Crippen LogP contribution is 2.36. The molecule has 0 radical (unpaired) electrons. The number of hydrogen-bond acceptors (Lipinski definition) is 4. The summed E-state index contributed by atoms with van der Waals surface area (Å²) in [5, 5.41) is 15.2. The maximum Gasteiger partial charge on any atom is 0.147 e. The number of fused-ring (bicyclic) bond motifs is 1. The predicted molar refractivity (Wildman–Crippen MR) is 109 cm³/mol. The van der Waals surface area contributed by atoms with Gasteiger partial charge in [0.25, 0.3) is 0 Å². The van der Waals surface area contributed by atoms with Crippen LogP contribution in [0.2, 0.25) is 0 Å². The molecular weight excluding hydrogens is 353 g/mol. The van der Waals surface area contributed by atoms with Gasteiger partial charge in [-0.1, -0.05) is 36.4 Å². The lowest BCUT2D eigenvalue weighted by atomic mass is 9.96. The van der Waals surface area contributed by atoms with E-state index in [4.69, 9.17) is 0 Å². The first kappa shape index (κ1) is 17.9. The van der Waals surface area contributed by atoms with Gasteiger partial charge in [0.15, 0.2) is 0 Å². The van der Waals surface area contributed by atoms with Gasteiger partial charge in [-0.15, -0.1) is 0 Å². The van der Waals surface area contributed by atoms with E-state index in [0.29, 0.717) is 16.9 Å². The third kappa shape index (κ3) is 3.51. The predicted octanol–water partition coefficient (Wildman–Crippen LogP) is 5.29. The number of aryl methyl sites for hydroxylation is 2. The van der Waals surface area contributed by atoms with Crippen LogP contribution in [-0.4, -0.2) is 15.1 Å². The quantitative estimate of drug-likeness (QED) is 0.510. The summed E-state index contributed by atoms with van der Waals surface area (Å²) < 4.78 is 13.5. The summed E-state index contributed by atoms with van der Waals surface area (Å²) in [5.74, 6) is 0.470. The molecule has 0 aliphatic heterocycles. The minimum absolute atomic E-state index is 0.107. The second kappa shape index (κ2) is 7.27. The fourth-order valence-electron chi connectivity index (χ4n) is 3.29. The largest absolute Gasteiger partial charge is 0.505 e. The number of rotatable bonds is 4. The molecular formula is C23H20FN3O. The summed E-state index contributed by atoms with van der Waals surface area (Å²) in [6, 6.07) is 19.2. The van der Waals surface area contributed by atoms with Gasteiger partial charge in [-0.2, -0.15) is 0 Å². The van der Waals surface area contributed by atoms with E-state index in [0.717, 1.165) is 22.3 Å². The third-order valence-electron chi connectivity index (χ3n) is 4.70. The van der Waals surface area contributed by atoms with Crippen LogP contribution in [0.1, 0.15) is 28.6 Å². The van der Waals surface area contributed by atoms with E-state index in [2.05, 4.69) is 15.3 Å². The number of anilines is 1. The number of phenolic OH excluding ortho intramolecular Hbond substituents is 1. The van der Waals surface area contributed by atoms with Gasteiger partial charge in [0.05, 0.1) is 6.04 Å². The Hall–Kier alpha value is -3.47. The molecule has 0 saturated heterocycles. The molecule has 0 unspecified atom stereocenters. The standard InChI is InChI=1S/C23H20FN3O/c1-14-4-3-5-20(25-14)27-21(16-8-11-18(24)12-9-16)19-13-10-17-7-6-15(2)26-22(17)23(19)28/h3-13,21,28H,1-2H3,(H,25,27)/t21-/m1/s1. The van der Waals surface area contributed by atoms with E-state index in [-0.39, 0.29) is 11.6 Å². The topological polar surface area (TPSA) is 58.0 Å². The Kier molecular flexibility index (Phi) is 4.65. The molecule has 28 heavy (non-hydrogen) atoms. The van der Waals surface area contributed by atoms with Crippen molar-refractivity contribution in [1.82, 2.24) is 9.97 Å². The second-order valence-electron chi connectivity index (χ2n) is 6.82. The molecule has 140 valence electrons. The van der Waals surface area contributed by atoms with Crippen LogP contribution in [0.25, 0.3) is 10.9 Å². The Morgan fingerprint density at radius 2 is 1.57 bits per heavy atom. The molecule has 0 aliphatic rings. The van der Waals surface area contributed by atoms with Gasteiger partial charge in [-0.05, 0) is 49.7 Å². The molecule has 2 aromatic carbocycles. The minimum Gasteiger partial charge on any atom is -0.505 e. The van der Waals surface area contributed by atoms with Crippen molar-refractivity contribution < 1.29 is 9.50 Å². The van der Waals surface area contributed by atoms with E-state index in [1.165, 1.54) is 12.1 Å². The SMILES string of the molecule is Cc1cccc(N[C@H](c2ccc(F)cc2)c2ccc3ccc(C)nc3c2O)n1. The number of nitrogens with one attached hydrogen (secondary N) is 1. The van der Waals surface area contributed by atoms with Crippen LogP contribution in [0, 0.1) is 19.7 Å². The first-order chi connectivity index (χ1) is 13.5. The Bertz CT molecular complexity index is 1140. The number of aromatic hydroxyl groups is 1. The molecule has 5 heteroatoms. The zero-order valence-electron chi connectivity index (χ0n) is 15.6. The molecule has 0 aliphatic carbocycles. The van der Waals surface area contributed by atoms with Crippen molar-refractivity contribution in [1.29, 1.82) is 0 Å². The van der Waals surface area contributed by atoms with Crippen LogP contribution in [0.3, 0.4) is 0 Å². The van der Waals surface area contributed by atoms with Crippen LogP contribution in [0.4, 0.5) is 10.2 Å². The first-order valence-electron chi connectivity index (χ1n) is 9.06. The van der Waals surface area contributed by atoms with Crippen LogP contribution >= 0.6 is 0 Å². The molecule has 1 atom stereocenters. The molecule has 2 heterocycles. The van der Waals surface area contributed by atoms with Crippen LogP contribution in [0.15, 0.2) is 66.7 Å². The van der Waals surface area contributed by atoms with E-state index < -0.39 is 6.04 Å². The van der Waals surface area contributed by atoms with Gasteiger partial charge in [-0.3, -0.25) is 0 Å². The summed E-state index contributed by atoms with van der Waals surface area (Å²) >= 11 is 0. The fraction of sp³-hybridized carbons (Fsp3) is 0.130. The van der Waals surface area contributed by atoms with Crippen LogP contribution in [-0.2, 0) is 0 Å². The smallest absolute Gasteiger partial charge is 0.147 e. The number of aromatic nitrogens is 2. The number of hydrogen-bond donors (Lipinski definition) is 2. The number of nitrogens with zero attached hydrogens (tertiary/aromatic N) is 2. The van der Waals surface area contributed by atoms with Crippen molar-refractivity contribution in [2.75, 3.05) is 5.32 Å². The van der Waals surface area contributed by atoms with Gasteiger partial charge in [0.1, 0.15) is 22.9 Å². The van der Waals surface area contributed by atoms with Gasteiger partial charge < -0.3 is 10.4 Å². The summed E-state index contributed by atoms with van der Waals surface area (Å²) in [7, 11) is 0. The number of pyridine rings is 2. The normalized spacial score (nSPS) is 12.1. The molecule has 0 fully saturated rings. The third-order valence-corrected chi connectivity index (χ3v) is 4.70. The highest BCUT2D eigenvalue weighted by atomic mass is 19.1. The van der Waals surface area contributed by atoms with E-state index in [1.54, 1.807) is 12.1 Å². The summed E-state index contributed by atoms with van der Waals surface area (Å²) in [5.41, 5.74) is 3.71. The average Bonchev–Trinajstić information content (AvgIpc) is 2.68. The number of benzene rings is 2. The first-order valence-corrected chi connectivity index (χ1v) is 9.06. The maximum atomic E-state index is 13.5. The second-order valence-corrected chi connectivity index (χ2v) is 6.82. The monoisotopic (exact) mass is 373 g/mol. The lowest BCUT2D eigenvalue weighted by Gasteiger charge is -2.22. The van der Waals surface area contributed by atoms with Gasteiger partial charge in [0.2, 0.25) is 0 Å². The molecule has 0 amide bonds. The highest BCUT2D eigenvalue weighted by molar-refractivity contribution is 5.86. The van der Waals surface area contributed by atoms with Crippen molar-refractivity contribution in [2.45, 2.75) is 19.9 Å². The highest BCUT2D eigenvalue weighted by Gasteiger charge is 2.20. The Morgan fingerprint density at radius 3 is 2.32 bits per heavy atom. The minimum atomic E-state index is -0.415. The molecule has 4 nitrogen and oxygen atoms in total. The van der Waals surface area contributed by atoms with Crippen molar-refractivity contribution in [2.24, 2.45) is 0 Å². The molecule has 4 aromatic rings. The molecule has 4 rings (SSSR count). The van der Waals surface area contributed by atoms with Crippen LogP contribution in [0.5, 0.6) is 5.75 Å². The van der Waals surface area contributed by atoms with Gasteiger partial charge in [-0.25, -0.2) is 14.4 Å². The summed E-state index contributed by atoms with van der Waals surface area (Å²) in [4.78, 5) is 9.00. The zero-order valence-corrected chi connectivity index (χ0v) is 15.6. The summed E-state index contributed by atoms with van der Waals surface area (Å²) in [6.45, 7) is 3.80. The molecule has 0 bridgehead atoms. The van der Waals surface area contributed by atoms with Crippen molar-refractivity contribution in [3.8, 4) is 5.75 Å². The van der Waals surface area contributed by atoms with Gasteiger partial charge >= 0.3 is 0 Å². The van der Waals surface area contributed by atoms with Crippen molar-refractivity contribution in [3.05, 3.63) is 95.1 Å². The van der Waals surface area contributed by atoms with E-state index in [9.17, 15) is 9.50 Å². The maximum absolute atomic E-state index is 13.5. The fourth-order valence-corrected chi connectivity index (χ4v) is 3.29. The van der Waals surface area contributed by atoms with Crippen molar-refractivity contribution >= 4 is 16.7 Å². The summed E-state index contributed by atoms with van der Waals surface area (Å²) in [6.07, 6.45) is 0. The van der Waals surface area contributed by atoms with Crippen LogP contribution < -0.4 is 5.32 Å². The lowest BCUT2D eigenvalue weighted by Crippen LogP contribution is -2.14. The Labute approximate surface area is 162 Å². The van der Waals surface area contributed by atoms with Crippen molar-refractivity contribution in [3.63, 3.8) is 0 Å². The number of phenols is 1. The zero-order chi connectivity index (χ0) is 19.7. The molecule has 2 aromatic heterocycles. The van der Waals surface area contributed by atoms with E-state index in [1.807, 2.05) is 56.3 Å². The average molecular weight is 373 g/mol. The molecule has 0 spiro atoms. The van der Waals surface area contributed by atoms with Gasteiger partial charge in [0, 0.05) is 22.3 Å². The van der Waals surface area contributed by atoms with E-state index >= 15 is 0 Å². The molecule has 2 N–H and O–H groups in total. The Balaban J connectivity index is 1.86. The lowest BCUT2D eigenvalue weighted by molar-refractivity contribution is 0.471. The molecule has 0 saturated carbocycles.